The van der Waals surface area contributed by atoms with E-state index in [1.54, 1.807) is 50.2 Å². The van der Waals surface area contributed by atoms with Crippen molar-refractivity contribution in [3.63, 3.8) is 0 Å². The van der Waals surface area contributed by atoms with Gasteiger partial charge in [-0.2, -0.15) is 0 Å². The van der Waals surface area contributed by atoms with Gasteiger partial charge in [0.15, 0.2) is 21.4 Å². The quantitative estimate of drug-likeness (QED) is 0.0840. The Hall–Kier alpha value is -5.91. The lowest BCUT2D eigenvalue weighted by molar-refractivity contribution is -0.143. The number of carbonyl (C=O) groups is 8. The molecule has 2 aromatic rings. The average Bonchev–Trinajstić information content (AvgIpc) is 3.15. The summed E-state index contributed by atoms with van der Waals surface area (Å²) in [6.07, 6.45) is -3.83. The highest BCUT2D eigenvalue weighted by Gasteiger charge is 2.34. The van der Waals surface area contributed by atoms with Gasteiger partial charge >= 0.3 is 24.0 Å². The molecule has 0 bridgehead atoms. The van der Waals surface area contributed by atoms with Crippen LogP contribution in [0.3, 0.4) is 0 Å². The van der Waals surface area contributed by atoms with Gasteiger partial charge in [0.25, 0.3) is 0 Å². The topological polar surface area (TPSA) is 277 Å². The second kappa shape index (κ2) is 23.2. The molecule has 0 saturated heterocycles. The Morgan fingerprint density at radius 3 is 1.81 bits per heavy atom. The van der Waals surface area contributed by atoms with Crippen LogP contribution in [0, 0.1) is 17.8 Å². The number of hydrogen-bond donors (Lipinski definition) is 6. The molecule has 2 aromatic carbocycles. The third kappa shape index (κ3) is 17.2. The van der Waals surface area contributed by atoms with Crippen molar-refractivity contribution in [3.05, 3.63) is 77.7 Å². The number of aliphatic carboxylic acids is 3. The van der Waals surface area contributed by atoms with Crippen LogP contribution in [0.4, 0.5) is 4.79 Å². The molecule has 5 atom stereocenters. The van der Waals surface area contributed by atoms with E-state index in [0.717, 1.165) is 11.5 Å². The first kappa shape index (κ1) is 47.2. The highest BCUT2D eigenvalue weighted by Crippen LogP contribution is 2.19. The molecule has 0 fully saturated rings. The smallest absolute Gasteiger partial charge is 0.408 e. The largest absolute Gasteiger partial charge is 0.481 e. The van der Waals surface area contributed by atoms with Crippen LogP contribution in [0.15, 0.2) is 77.0 Å². The fourth-order valence-electron chi connectivity index (χ4n) is 5.57. The van der Waals surface area contributed by atoms with Crippen LogP contribution in [0.25, 0.3) is 0 Å². The fraction of sp³-hybridized carbons (Fsp3) is 0.436. The Bertz CT molecular complexity index is 1870. The third-order valence-corrected chi connectivity index (χ3v) is 10.1. The normalized spacial score (nSPS) is 14.0. The molecule has 310 valence electrons. The molecule has 0 heterocycles. The van der Waals surface area contributed by atoms with Gasteiger partial charge in [-0.1, -0.05) is 69.3 Å². The van der Waals surface area contributed by atoms with E-state index in [9.17, 15) is 62.1 Å². The number of carboxylic acid groups (broad SMARTS) is 3. The highest BCUT2D eigenvalue weighted by molar-refractivity contribution is 7.94. The number of benzene rings is 2. The van der Waals surface area contributed by atoms with Crippen LogP contribution in [0.2, 0.25) is 0 Å². The van der Waals surface area contributed by atoms with Crippen molar-refractivity contribution in [1.82, 2.24) is 16.0 Å². The Morgan fingerprint density at radius 2 is 1.26 bits per heavy atom. The molecule has 17 nitrogen and oxygen atoms in total. The van der Waals surface area contributed by atoms with Crippen molar-refractivity contribution in [2.45, 2.75) is 95.3 Å². The Labute approximate surface area is 330 Å². The van der Waals surface area contributed by atoms with E-state index < -0.39 is 132 Å². The maximum atomic E-state index is 13.6. The number of hydrogen-bond acceptors (Lipinski definition) is 11. The van der Waals surface area contributed by atoms with Crippen molar-refractivity contribution < 1.29 is 66.8 Å². The van der Waals surface area contributed by atoms with Gasteiger partial charge in [-0.05, 0) is 42.5 Å². The first-order valence-electron chi connectivity index (χ1n) is 18.1. The molecule has 0 radical (unpaired) electrons. The summed E-state index contributed by atoms with van der Waals surface area (Å²) in [6.45, 7) is 4.66. The zero-order valence-electron chi connectivity index (χ0n) is 31.8. The maximum Gasteiger partial charge on any atom is 0.408 e. The molecule has 2 rings (SSSR count). The lowest BCUT2D eigenvalue weighted by atomic mass is 9.89. The minimum atomic E-state index is -4.01. The third-order valence-electron chi connectivity index (χ3n) is 8.69. The van der Waals surface area contributed by atoms with E-state index in [2.05, 4.69) is 16.0 Å². The van der Waals surface area contributed by atoms with E-state index in [0.29, 0.717) is 5.56 Å². The molecule has 0 spiro atoms. The molecule has 0 aliphatic heterocycles. The molecule has 57 heavy (non-hydrogen) atoms. The summed E-state index contributed by atoms with van der Waals surface area (Å²) in [5.41, 5.74) is 0.683. The number of nitrogens with one attached hydrogen (secondary N) is 3. The predicted octanol–water partition coefficient (Wildman–Crippen LogP) is 3.27. The summed E-state index contributed by atoms with van der Waals surface area (Å²) in [5.74, 6) is -10.8. The second-order valence-corrected chi connectivity index (χ2v) is 15.4. The molecule has 0 saturated carbocycles. The summed E-state index contributed by atoms with van der Waals surface area (Å²) >= 11 is 0. The zero-order chi connectivity index (χ0) is 42.7. The van der Waals surface area contributed by atoms with Gasteiger partial charge in [-0.3, -0.25) is 33.6 Å². The summed E-state index contributed by atoms with van der Waals surface area (Å²) in [7, 11) is -4.01. The number of carbonyl (C=O) groups excluding carboxylic acids is 5. The molecule has 0 aliphatic carbocycles. The van der Waals surface area contributed by atoms with Gasteiger partial charge in [-0.25, -0.2) is 13.2 Å². The highest BCUT2D eigenvalue weighted by atomic mass is 32.2. The number of amides is 3. The summed E-state index contributed by atoms with van der Waals surface area (Å²) in [4.78, 5) is 101. The summed E-state index contributed by atoms with van der Waals surface area (Å²) in [5, 5.41) is 36.3. The molecule has 18 heteroatoms. The van der Waals surface area contributed by atoms with Crippen LogP contribution in [0.5, 0.6) is 0 Å². The molecule has 6 N–H and O–H groups in total. The Kier molecular flexibility index (Phi) is 19.3. The van der Waals surface area contributed by atoms with E-state index in [-0.39, 0.29) is 17.9 Å². The average molecular weight is 816 g/mol. The monoisotopic (exact) mass is 815 g/mol. The van der Waals surface area contributed by atoms with Gasteiger partial charge in [0, 0.05) is 30.6 Å². The van der Waals surface area contributed by atoms with Crippen molar-refractivity contribution in [3.8, 4) is 0 Å². The standard InChI is InChI=1S/C39H49N3O14S/c1-4-26(37(51)40-28(22-35(49)50)17-18-57(54,55)29-13-9-6-10-14-29)19-31(43)30(15-16-33(45)46)41-38(52)27(21-34(47)48)20-32(44)36(24(2)3)42-39(53)56-23-25-11-7-5-8-12-25/h5-14,17-18,24,26-28,30,36H,4,15-16,19-23H2,1-3H3,(H,40,51)(H,41,52)(H,42,53)(H,45,46)(H,47,48)(H,49,50)/b18-17+/t26-,27+,28-,30+,36+/m1/s1. The molecule has 0 aliphatic rings. The number of ether oxygens (including phenoxy) is 1. The zero-order valence-corrected chi connectivity index (χ0v) is 32.6. The van der Waals surface area contributed by atoms with Crippen LogP contribution in [-0.4, -0.2) is 89.2 Å². The van der Waals surface area contributed by atoms with E-state index in [1.807, 2.05) is 0 Å². The molecular formula is C39H49N3O14S. The van der Waals surface area contributed by atoms with Crippen molar-refractivity contribution in [2.75, 3.05) is 0 Å². The van der Waals surface area contributed by atoms with Crippen LogP contribution in [-0.2, 0) is 54.7 Å². The van der Waals surface area contributed by atoms with Gasteiger partial charge in [0.05, 0.1) is 41.8 Å². The van der Waals surface area contributed by atoms with E-state index in [1.165, 1.54) is 31.2 Å². The molecule has 3 amide bonds. The lowest BCUT2D eigenvalue weighted by Crippen LogP contribution is -2.48. The van der Waals surface area contributed by atoms with Crippen molar-refractivity contribution in [1.29, 1.82) is 0 Å². The SMILES string of the molecule is CC[C@H](CC(=O)[C@H](CCC(=O)O)NC(=O)[C@H](CC(=O)O)CC(=O)[C@@H](NC(=O)OCc1ccccc1)C(C)C)C(=O)N[C@H](/C=C/S(=O)(=O)c1ccccc1)CC(=O)O. The minimum Gasteiger partial charge on any atom is -0.481 e. The number of carboxylic acids is 3. The van der Waals surface area contributed by atoms with E-state index >= 15 is 0 Å². The maximum absolute atomic E-state index is 13.6. The Morgan fingerprint density at radius 1 is 0.702 bits per heavy atom. The number of Topliss-reactive ketones (excluding diaryl/α,β-unsaturated/α-hetero) is 2. The number of ketones is 2. The molecule has 0 unspecified atom stereocenters. The Balaban J connectivity index is 2.22. The minimum absolute atomic E-state index is 0.0104. The first-order chi connectivity index (χ1) is 26.8. The van der Waals surface area contributed by atoms with Gasteiger partial charge in [-0.15, -0.1) is 0 Å². The lowest BCUT2D eigenvalue weighted by Gasteiger charge is -2.25. The second-order valence-electron chi connectivity index (χ2n) is 13.6. The summed E-state index contributed by atoms with van der Waals surface area (Å²) in [6, 6.07) is 11.9. The van der Waals surface area contributed by atoms with Crippen LogP contribution < -0.4 is 16.0 Å². The van der Waals surface area contributed by atoms with Crippen molar-refractivity contribution >= 4 is 57.2 Å². The fourth-order valence-corrected chi connectivity index (χ4v) is 6.66. The number of sulfone groups is 1. The van der Waals surface area contributed by atoms with Crippen LogP contribution >= 0.6 is 0 Å². The van der Waals surface area contributed by atoms with Crippen molar-refractivity contribution in [2.24, 2.45) is 17.8 Å². The summed E-state index contributed by atoms with van der Waals surface area (Å²) < 4.78 is 30.6. The van der Waals surface area contributed by atoms with Gasteiger partial charge in [0.2, 0.25) is 11.8 Å². The molecule has 0 aromatic heterocycles. The van der Waals surface area contributed by atoms with Crippen LogP contribution in [0.1, 0.15) is 71.3 Å². The molecular weight excluding hydrogens is 767 g/mol. The first-order valence-corrected chi connectivity index (χ1v) is 19.6. The van der Waals surface area contributed by atoms with Gasteiger partial charge < -0.3 is 36.0 Å². The predicted molar refractivity (Wildman–Crippen MR) is 203 cm³/mol. The van der Waals surface area contributed by atoms with Gasteiger partial charge in [0.1, 0.15) is 6.61 Å². The number of rotatable bonds is 25. The van der Waals surface area contributed by atoms with E-state index in [4.69, 9.17) is 4.74 Å². The number of alkyl carbamates (subject to hydrolysis) is 1.